The Balaban J connectivity index is 1.58. The molecule has 3 aromatic rings. The van der Waals surface area contributed by atoms with Crippen molar-refractivity contribution in [2.24, 2.45) is 0 Å². The zero-order valence-corrected chi connectivity index (χ0v) is 14.9. The highest BCUT2D eigenvalue weighted by atomic mass is 79.9. The van der Waals surface area contributed by atoms with Crippen LogP contribution in [0.4, 0.5) is 4.39 Å². The van der Waals surface area contributed by atoms with Crippen molar-refractivity contribution in [1.29, 1.82) is 0 Å². The van der Waals surface area contributed by atoms with Gasteiger partial charge in [-0.2, -0.15) is 0 Å². The van der Waals surface area contributed by atoms with Crippen molar-refractivity contribution in [2.45, 2.75) is 5.16 Å². The maximum absolute atomic E-state index is 13.3. The van der Waals surface area contributed by atoms with Crippen LogP contribution in [0.15, 0.2) is 58.2 Å². The first kappa shape index (κ1) is 16.8. The average molecular weight is 409 g/mol. The summed E-state index contributed by atoms with van der Waals surface area (Å²) in [4.78, 5) is 0. The van der Waals surface area contributed by atoms with Gasteiger partial charge >= 0.3 is 0 Å². The zero-order chi connectivity index (χ0) is 16.9. The Morgan fingerprint density at radius 2 is 2.00 bits per heavy atom. The molecule has 0 unspecified atom stereocenters. The Bertz CT molecular complexity index is 842. The van der Waals surface area contributed by atoms with Crippen molar-refractivity contribution in [2.75, 3.05) is 18.2 Å². The predicted molar refractivity (Wildman–Crippen MR) is 95.9 cm³/mol. The first-order valence-corrected chi connectivity index (χ1v) is 8.89. The van der Waals surface area contributed by atoms with Gasteiger partial charge in [0.1, 0.15) is 11.6 Å². The SMILES string of the molecule is Nn1c(SCCOc2cccc(Br)c2)nnc1-c1cccc(F)c1. The van der Waals surface area contributed by atoms with Crippen LogP contribution in [0.2, 0.25) is 0 Å². The second-order valence-corrected chi connectivity index (χ2v) is 6.82. The highest BCUT2D eigenvalue weighted by Gasteiger charge is 2.12. The number of ether oxygens (including phenoxy) is 1. The van der Waals surface area contributed by atoms with Gasteiger partial charge in [0.25, 0.3) is 0 Å². The molecule has 5 nitrogen and oxygen atoms in total. The summed E-state index contributed by atoms with van der Waals surface area (Å²) in [5.41, 5.74) is 0.585. The Morgan fingerprint density at radius 3 is 2.79 bits per heavy atom. The average Bonchev–Trinajstić information content (AvgIpc) is 2.93. The minimum atomic E-state index is -0.341. The van der Waals surface area contributed by atoms with Gasteiger partial charge in [-0.05, 0) is 30.3 Å². The van der Waals surface area contributed by atoms with E-state index in [0.717, 1.165) is 10.2 Å². The third kappa shape index (κ3) is 4.07. The summed E-state index contributed by atoms with van der Waals surface area (Å²) in [6.07, 6.45) is 0. The number of nitrogens with zero attached hydrogens (tertiary/aromatic N) is 3. The topological polar surface area (TPSA) is 66.0 Å². The maximum Gasteiger partial charge on any atom is 0.210 e. The van der Waals surface area contributed by atoms with Crippen molar-refractivity contribution in [3.63, 3.8) is 0 Å². The van der Waals surface area contributed by atoms with E-state index in [1.165, 1.54) is 28.6 Å². The summed E-state index contributed by atoms with van der Waals surface area (Å²) < 4.78 is 21.3. The molecule has 0 amide bonds. The lowest BCUT2D eigenvalue weighted by atomic mass is 10.2. The van der Waals surface area contributed by atoms with Crippen LogP contribution in [0.25, 0.3) is 11.4 Å². The Labute approximate surface area is 151 Å². The van der Waals surface area contributed by atoms with E-state index < -0.39 is 0 Å². The van der Waals surface area contributed by atoms with Gasteiger partial charge in [0.05, 0.1) is 6.61 Å². The third-order valence-electron chi connectivity index (χ3n) is 3.13. The van der Waals surface area contributed by atoms with E-state index in [4.69, 9.17) is 10.6 Å². The Kier molecular flexibility index (Phi) is 5.37. The lowest BCUT2D eigenvalue weighted by Gasteiger charge is -2.06. The molecule has 1 aromatic heterocycles. The van der Waals surface area contributed by atoms with Gasteiger partial charge in [0.15, 0.2) is 5.82 Å². The highest BCUT2D eigenvalue weighted by molar-refractivity contribution is 9.10. The van der Waals surface area contributed by atoms with Gasteiger partial charge in [-0.15, -0.1) is 10.2 Å². The van der Waals surface area contributed by atoms with E-state index in [0.29, 0.717) is 28.9 Å². The molecule has 0 fully saturated rings. The first-order chi connectivity index (χ1) is 11.6. The number of hydrogen-bond donors (Lipinski definition) is 1. The fourth-order valence-electron chi connectivity index (χ4n) is 2.05. The van der Waals surface area contributed by atoms with Gasteiger partial charge < -0.3 is 10.6 Å². The second kappa shape index (κ2) is 7.67. The van der Waals surface area contributed by atoms with E-state index in [1.807, 2.05) is 24.3 Å². The molecule has 0 saturated carbocycles. The second-order valence-electron chi connectivity index (χ2n) is 4.84. The summed E-state index contributed by atoms with van der Waals surface area (Å²) in [5.74, 6) is 7.53. The molecular weight excluding hydrogens is 395 g/mol. The smallest absolute Gasteiger partial charge is 0.210 e. The zero-order valence-electron chi connectivity index (χ0n) is 12.5. The number of rotatable bonds is 6. The van der Waals surface area contributed by atoms with Crippen molar-refractivity contribution in [3.8, 4) is 17.1 Å². The third-order valence-corrected chi connectivity index (χ3v) is 4.53. The van der Waals surface area contributed by atoms with Crippen molar-refractivity contribution < 1.29 is 9.13 Å². The summed E-state index contributed by atoms with van der Waals surface area (Å²) >= 11 is 4.82. The largest absolute Gasteiger partial charge is 0.493 e. The van der Waals surface area contributed by atoms with Crippen LogP contribution in [0.1, 0.15) is 0 Å². The van der Waals surface area contributed by atoms with Crippen LogP contribution in [-0.2, 0) is 0 Å². The molecule has 3 rings (SSSR count). The predicted octanol–water partition coefficient (Wildman–Crippen LogP) is 3.73. The van der Waals surface area contributed by atoms with Crippen LogP contribution in [0.5, 0.6) is 5.75 Å². The molecule has 124 valence electrons. The minimum absolute atomic E-state index is 0.341. The molecule has 0 spiro atoms. The lowest BCUT2D eigenvalue weighted by Crippen LogP contribution is -2.12. The van der Waals surface area contributed by atoms with Gasteiger partial charge in [-0.1, -0.05) is 45.9 Å². The summed E-state index contributed by atoms with van der Waals surface area (Å²) in [5, 5.41) is 8.62. The number of nitrogens with two attached hydrogens (primary N) is 1. The molecule has 0 atom stereocenters. The van der Waals surface area contributed by atoms with E-state index in [9.17, 15) is 4.39 Å². The van der Waals surface area contributed by atoms with Crippen LogP contribution in [-0.4, -0.2) is 27.2 Å². The number of benzene rings is 2. The van der Waals surface area contributed by atoms with Gasteiger partial charge in [-0.3, -0.25) is 0 Å². The lowest BCUT2D eigenvalue weighted by molar-refractivity contribution is 0.343. The molecule has 2 aromatic carbocycles. The van der Waals surface area contributed by atoms with Crippen LogP contribution >= 0.6 is 27.7 Å². The van der Waals surface area contributed by atoms with Crippen LogP contribution < -0.4 is 10.6 Å². The Hall–Kier alpha value is -2.06. The molecule has 0 saturated heterocycles. The quantitative estimate of drug-likeness (QED) is 0.382. The fraction of sp³-hybridized carbons (Fsp3) is 0.125. The van der Waals surface area contributed by atoms with Crippen LogP contribution in [0, 0.1) is 5.82 Å². The molecule has 2 N–H and O–H groups in total. The number of thioether (sulfide) groups is 1. The molecule has 0 aliphatic heterocycles. The fourth-order valence-corrected chi connectivity index (χ4v) is 3.10. The molecule has 0 radical (unpaired) electrons. The molecule has 24 heavy (non-hydrogen) atoms. The number of halogens is 2. The monoisotopic (exact) mass is 408 g/mol. The molecule has 0 bridgehead atoms. The van der Waals surface area contributed by atoms with E-state index in [1.54, 1.807) is 12.1 Å². The molecule has 8 heteroatoms. The summed E-state index contributed by atoms with van der Waals surface area (Å²) in [6, 6.07) is 13.7. The number of aromatic nitrogens is 3. The van der Waals surface area contributed by atoms with Crippen molar-refractivity contribution >= 4 is 27.7 Å². The molecular formula is C16H14BrFN4OS. The minimum Gasteiger partial charge on any atom is -0.493 e. The standard InChI is InChI=1S/C16H14BrFN4OS/c17-12-4-2-6-14(10-12)23-7-8-24-16-21-20-15(22(16)19)11-3-1-5-13(18)9-11/h1-6,9-10H,7-8,19H2. The molecule has 0 aliphatic rings. The van der Waals surface area contributed by atoms with Gasteiger partial charge in [0.2, 0.25) is 5.16 Å². The van der Waals surface area contributed by atoms with Gasteiger partial charge in [-0.25, -0.2) is 9.07 Å². The molecule has 1 heterocycles. The number of nitrogen functional groups attached to an aromatic ring is 1. The van der Waals surface area contributed by atoms with Gasteiger partial charge in [0, 0.05) is 15.8 Å². The van der Waals surface area contributed by atoms with Crippen molar-refractivity contribution in [1.82, 2.24) is 14.9 Å². The van der Waals surface area contributed by atoms with E-state index in [-0.39, 0.29) is 5.82 Å². The first-order valence-electron chi connectivity index (χ1n) is 7.11. The summed E-state index contributed by atoms with van der Waals surface area (Å²) in [6.45, 7) is 0.503. The maximum atomic E-state index is 13.3. The van der Waals surface area contributed by atoms with E-state index in [2.05, 4.69) is 26.1 Å². The summed E-state index contributed by atoms with van der Waals surface area (Å²) in [7, 11) is 0. The van der Waals surface area contributed by atoms with E-state index >= 15 is 0 Å². The normalized spacial score (nSPS) is 10.8. The highest BCUT2D eigenvalue weighted by Crippen LogP contribution is 2.22. The molecule has 0 aliphatic carbocycles. The number of hydrogen-bond acceptors (Lipinski definition) is 5. The Morgan fingerprint density at radius 1 is 1.17 bits per heavy atom. The van der Waals surface area contributed by atoms with Crippen molar-refractivity contribution in [3.05, 3.63) is 58.8 Å². The van der Waals surface area contributed by atoms with Crippen LogP contribution in [0.3, 0.4) is 0 Å².